The van der Waals surface area contributed by atoms with E-state index in [1.807, 2.05) is 18.2 Å². The maximum atomic E-state index is 11.5. The van der Waals surface area contributed by atoms with Crippen LogP contribution in [-0.2, 0) is 0 Å². The summed E-state index contributed by atoms with van der Waals surface area (Å²) in [4.78, 5) is 21.1. The van der Waals surface area contributed by atoms with E-state index in [0.29, 0.717) is 11.4 Å². The molecule has 2 heterocycles. The Balaban J connectivity index is 2.18. The Morgan fingerprint density at radius 2 is 2.00 bits per heavy atom. The summed E-state index contributed by atoms with van der Waals surface area (Å²) >= 11 is 1.40. The minimum Gasteiger partial charge on any atom is -0.481 e. The van der Waals surface area contributed by atoms with Crippen molar-refractivity contribution < 1.29 is 9.53 Å². The number of pyridine rings is 1. The van der Waals surface area contributed by atoms with Gasteiger partial charge in [-0.15, -0.1) is 0 Å². The molecular formula is C14H11N3O2S. The van der Waals surface area contributed by atoms with Crippen LogP contribution in [0.1, 0.15) is 10.4 Å². The maximum absolute atomic E-state index is 11.5. The molecule has 0 fully saturated rings. The number of benzene rings is 1. The highest BCUT2D eigenvalue weighted by Crippen LogP contribution is 2.31. The molecule has 1 amide bonds. The van der Waals surface area contributed by atoms with Gasteiger partial charge >= 0.3 is 0 Å². The van der Waals surface area contributed by atoms with Crippen LogP contribution in [0.25, 0.3) is 20.9 Å². The summed E-state index contributed by atoms with van der Waals surface area (Å²) in [6.07, 6.45) is 0. The van der Waals surface area contributed by atoms with E-state index in [1.165, 1.54) is 11.3 Å². The average Bonchev–Trinajstić information content (AvgIpc) is 2.89. The predicted molar refractivity (Wildman–Crippen MR) is 77.9 cm³/mol. The molecular weight excluding hydrogens is 274 g/mol. The monoisotopic (exact) mass is 285 g/mol. The van der Waals surface area contributed by atoms with Crippen LogP contribution in [-0.4, -0.2) is 23.0 Å². The number of ether oxygens (including phenoxy) is 1. The van der Waals surface area contributed by atoms with Crippen molar-refractivity contribution in [3.05, 3.63) is 42.0 Å². The maximum Gasteiger partial charge on any atom is 0.249 e. The van der Waals surface area contributed by atoms with Gasteiger partial charge in [0.15, 0.2) is 0 Å². The molecule has 1 aromatic carbocycles. The summed E-state index contributed by atoms with van der Waals surface area (Å²) in [5, 5.41) is 0.718. The number of rotatable bonds is 3. The zero-order valence-electron chi connectivity index (χ0n) is 10.7. The van der Waals surface area contributed by atoms with Crippen molar-refractivity contribution in [3.8, 4) is 16.5 Å². The van der Waals surface area contributed by atoms with Crippen molar-refractivity contribution in [2.45, 2.75) is 0 Å². The fraction of sp³-hybridized carbons (Fsp3) is 0.0714. The molecule has 3 rings (SSSR count). The molecule has 0 unspecified atom stereocenters. The number of hydrogen-bond acceptors (Lipinski definition) is 5. The van der Waals surface area contributed by atoms with Gasteiger partial charge in [-0.25, -0.2) is 9.97 Å². The number of nitrogens with zero attached hydrogens (tertiary/aromatic N) is 2. The predicted octanol–water partition coefficient (Wildman–Crippen LogP) is 2.47. The highest BCUT2D eigenvalue weighted by molar-refractivity contribution is 7.21. The number of hydrogen-bond donors (Lipinski definition) is 1. The fourth-order valence-electron chi connectivity index (χ4n) is 1.91. The first-order valence-electron chi connectivity index (χ1n) is 5.90. The topological polar surface area (TPSA) is 78.1 Å². The molecule has 6 heteroatoms. The molecule has 0 atom stereocenters. The molecule has 0 radical (unpaired) electrons. The molecule has 0 saturated heterocycles. The molecule has 0 saturated carbocycles. The minimum absolute atomic E-state index is 0.457. The zero-order valence-corrected chi connectivity index (χ0v) is 11.5. The Labute approximate surface area is 119 Å². The summed E-state index contributed by atoms with van der Waals surface area (Å²) in [5.74, 6) is 0.0706. The molecule has 0 spiro atoms. The summed E-state index contributed by atoms with van der Waals surface area (Å²) in [6, 6.07) is 10.7. The number of amides is 1. The lowest BCUT2D eigenvalue weighted by atomic mass is 10.1. The van der Waals surface area contributed by atoms with E-state index in [1.54, 1.807) is 25.3 Å². The SMILES string of the molecule is COc1ccc2nc(-c3ccccc3C(N)=O)sc2n1. The Kier molecular flexibility index (Phi) is 3.08. The Morgan fingerprint density at radius 3 is 2.75 bits per heavy atom. The Hall–Kier alpha value is -2.47. The van der Waals surface area contributed by atoms with Gasteiger partial charge in [-0.3, -0.25) is 4.79 Å². The number of carbonyl (C=O) groups is 1. The molecule has 0 aliphatic rings. The van der Waals surface area contributed by atoms with Crippen LogP contribution >= 0.6 is 11.3 Å². The number of nitrogens with two attached hydrogens (primary N) is 1. The van der Waals surface area contributed by atoms with Crippen LogP contribution in [0.2, 0.25) is 0 Å². The third-order valence-corrected chi connectivity index (χ3v) is 3.86. The van der Waals surface area contributed by atoms with E-state index in [0.717, 1.165) is 20.9 Å². The summed E-state index contributed by atoms with van der Waals surface area (Å²) in [7, 11) is 1.57. The highest BCUT2D eigenvalue weighted by Gasteiger charge is 2.14. The third-order valence-electron chi connectivity index (χ3n) is 2.86. The average molecular weight is 285 g/mol. The van der Waals surface area contributed by atoms with Crippen molar-refractivity contribution in [3.63, 3.8) is 0 Å². The third kappa shape index (κ3) is 2.10. The van der Waals surface area contributed by atoms with Gasteiger partial charge in [0.05, 0.1) is 7.11 Å². The second-order valence-corrected chi connectivity index (χ2v) is 5.08. The molecule has 2 N–H and O–H groups in total. The second kappa shape index (κ2) is 4.90. The van der Waals surface area contributed by atoms with E-state index in [4.69, 9.17) is 10.5 Å². The van der Waals surface area contributed by atoms with Crippen molar-refractivity contribution >= 4 is 27.6 Å². The first-order valence-corrected chi connectivity index (χ1v) is 6.71. The van der Waals surface area contributed by atoms with Crippen molar-refractivity contribution in [1.29, 1.82) is 0 Å². The molecule has 2 aromatic heterocycles. The van der Waals surface area contributed by atoms with Crippen LogP contribution < -0.4 is 10.5 Å². The van der Waals surface area contributed by atoms with Crippen molar-refractivity contribution in [2.24, 2.45) is 5.73 Å². The Morgan fingerprint density at radius 1 is 1.20 bits per heavy atom. The van der Waals surface area contributed by atoms with Gasteiger partial charge in [0.25, 0.3) is 0 Å². The first kappa shape index (κ1) is 12.6. The van der Waals surface area contributed by atoms with E-state index in [9.17, 15) is 4.79 Å². The standard InChI is InChI=1S/C14H11N3O2S/c1-19-11-7-6-10-14(17-11)20-13(16-10)9-5-3-2-4-8(9)12(15)18/h2-7H,1H3,(H2,15,18). The summed E-state index contributed by atoms with van der Waals surface area (Å²) in [5.41, 5.74) is 7.34. The number of primary amides is 1. The van der Waals surface area contributed by atoms with Gasteiger partial charge in [0.1, 0.15) is 15.4 Å². The van der Waals surface area contributed by atoms with Gasteiger partial charge in [-0.05, 0) is 12.1 Å². The van der Waals surface area contributed by atoms with Crippen LogP contribution in [0.15, 0.2) is 36.4 Å². The molecule has 0 aliphatic carbocycles. The molecule has 3 aromatic rings. The van der Waals surface area contributed by atoms with Crippen LogP contribution in [0.3, 0.4) is 0 Å². The summed E-state index contributed by atoms with van der Waals surface area (Å²) < 4.78 is 5.09. The van der Waals surface area contributed by atoms with Crippen molar-refractivity contribution in [1.82, 2.24) is 9.97 Å². The van der Waals surface area contributed by atoms with Gasteiger partial charge in [-0.1, -0.05) is 29.5 Å². The molecule has 0 aliphatic heterocycles. The number of aromatic nitrogens is 2. The van der Waals surface area contributed by atoms with Gasteiger partial charge in [0.2, 0.25) is 11.8 Å². The second-order valence-electron chi connectivity index (χ2n) is 4.11. The number of fused-ring (bicyclic) bond motifs is 1. The van der Waals surface area contributed by atoms with Crippen molar-refractivity contribution in [2.75, 3.05) is 7.11 Å². The van der Waals surface area contributed by atoms with E-state index < -0.39 is 5.91 Å². The number of carbonyl (C=O) groups excluding carboxylic acids is 1. The van der Waals surface area contributed by atoms with E-state index >= 15 is 0 Å². The smallest absolute Gasteiger partial charge is 0.249 e. The lowest BCUT2D eigenvalue weighted by Gasteiger charge is -2.01. The molecule has 100 valence electrons. The molecule has 5 nitrogen and oxygen atoms in total. The van der Waals surface area contributed by atoms with Crippen LogP contribution in [0.4, 0.5) is 0 Å². The van der Waals surface area contributed by atoms with Crippen LogP contribution in [0, 0.1) is 0 Å². The van der Waals surface area contributed by atoms with Crippen LogP contribution in [0.5, 0.6) is 5.88 Å². The van der Waals surface area contributed by atoms with E-state index in [-0.39, 0.29) is 0 Å². The fourth-order valence-corrected chi connectivity index (χ4v) is 2.88. The molecule has 0 bridgehead atoms. The quantitative estimate of drug-likeness (QED) is 0.801. The zero-order chi connectivity index (χ0) is 14.1. The first-order chi connectivity index (χ1) is 9.69. The number of methoxy groups -OCH3 is 1. The normalized spacial score (nSPS) is 10.7. The van der Waals surface area contributed by atoms with Gasteiger partial charge in [0, 0.05) is 17.2 Å². The lowest BCUT2D eigenvalue weighted by molar-refractivity contribution is 0.100. The van der Waals surface area contributed by atoms with Gasteiger partial charge in [-0.2, -0.15) is 0 Å². The van der Waals surface area contributed by atoms with Gasteiger partial charge < -0.3 is 10.5 Å². The van der Waals surface area contributed by atoms with E-state index in [2.05, 4.69) is 9.97 Å². The Bertz CT molecular complexity index is 798. The largest absolute Gasteiger partial charge is 0.481 e. The highest BCUT2D eigenvalue weighted by atomic mass is 32.1. The minimum atomic E-state index is -0.467. The lowest BCUT2D eigenvalue weighted by Crippen LogP contribution is -2.12. The number of thiazole rings is 1. The molecule has 20 heavy (non-hydrogen) atoms. The summed E-state index contributed by atoms with van der Waals surface area (Å²) in [6.45, 7) is 0.